The zero-order chi connectivity index (χ0) is 16.1. The van der Waals surface area contributed by atoms with Gasteiger partial charge in [0.15, 0.2) is 0 Å². The Bertz CT molecular complexity index is 841. The fraction of sp³-hybridized carbons (Fsp3) is 0. The Morgan fingerprint density at radius 1 is 1.04 bits per heavy atom. The summed E-state index contributed by atoms with van der Waals surface area (Å²) in [7, 11) is 0. The smallest absolute Gasteiger partial charge is 0.271 e. The molecule has 3 aromatic rings. The van der Waals surface area contributed by atoms with E-state index in [4.69, 9.17) is 4.42 Å². The number of halogens is 1. The number of benzene rings is 2. The van der Waals surface area contributed by atoms with Crippen molar-refractivity contribution in [3.8, 4) is 11.3 Å². The van der Waals surface area contributed by atoms with Crippen LogP contribution in [-0.2, 0) is 0 Å². The molecule has 1 amide bonds. The van der Waals surface area contributed by atoms with Crippen molar-refractivity contribution in [2.45, 2.75) is 0 Å². The molecule has 0 aliphatic rings. The third kappa shape index (κ3) is 3.96. The average Bonchev–Trinajstić information content (AvgIpc) is 3.04. The monoisotopic (exact) mass is 368 g/mol. The quantitative estimate of drug-likeness (QED) is 0.545. The predicted molar refractivity (Wildman–Crippen MR) is 93.3 cm³/mol. The van der Waals surface area contributed by atoms with Crippen LogP contribution in [0.4, 0.5) is 0 Å². The first-order valence-corrected chi connectivity index (χ1v) is 7.76. The number of carbonyl (C=O) groups is 1. The number of amides is 1. The molecule has 1 N–H and O–H groups in total. The number of nitrogens with zero attached hydrogens (tertiary/aromatic N) is 1. The molecule has 0 radical (unpaired) electrons. The van der Waals surface area contributed by atoms with Gasteiger partial charge < -0.3 is 4.42 Å². The first-order valence-electron chi connectivity index (χ1n) is 6.96. The number of nitrogens with one attached hydrogen (secondary N) is 1. The van der Waals surface area contributed by atoms with E-state index >= 15 is 0 Å². The average molecular weight is 369 g/mol. The fourth-order valence-electron chi connectivity index (χ4n) is 2.03. The van der Waals surface area contributed by atoms with Crippen molar-refractivity contribution in [2.24, 2.45) is 5.10 Å². The summed E-state index contributed by atoms with van der Waals surface area (Å²) in [5.41, 5.74) is 3.99. The van der Waals surface area contributed by atoms with Gasteiger partial charge in [-0.3, -0.25) is 4.79 Å². The molecule has 1 aromatic heterocycles. The molecule has 0 bridgehead atoms. The third-order valence-electron chi connectivity index (χ3n) is 3.13. The molecule has 0 spiro atoms. The van der Waals surface area contributed by atoms with Crippen LogP contribution in [-0.4, -0.2) is 12.1 Å². The van der Waals surface area contributed by atoms with Crippen LogP contribution < -0.4 is 5.43 Å². The summed E-state index contributed by atoms with van der Waals surface area (Å²) in [5, 5.41) is 3.92. The van der Waals surface area contributed by atoms with E-state index in [9.17, 15) is 4.79 Å². The van der Waals surface area contributed by atoms with Gasteiger partial charge in [0.1, 0.15) is 11.5 Å². The van der Waals surface area contributed by atoms with E-state index in [2.05, 4.69) is 26.5 Å². The number of hydrazone groups is 1. The lowest BCUT2D eigenvalue weighted by molar-refractivity contribution is 0.0955. The minimum absolute atomic E-state index is 0.280. The minimum Gasteiger partial charge on any atom is -0.455 e. The topological polar surface area (TPSA) is 54.6 Å². The second-order valence-corrected chi connectivity index (χ2v) is 5.69. The van der Waals surface area contributed by atoms with Crippen LogP contribution in [0.3, 0.4) is 0 Å². The van der Waals surface area contributed by atoms with E-state index in [1.807, 2.05) is 42.5 Å². The van der Waals surface area contributed by atoms with Crippen LogP contribution in [0.2, 0.25) is 0 Å². The lowest BCUT2D eigenvalue weighted by Crippen LogP contribution is -2.17. The largest absolute Gasteiger partial charge is 0.455 e. The fourth-order valence-corrected chi connectivity index (χ4v) is 2.43. The van der Waals surface area contributed by atoms with E-state index < -0.39 is 0 Å². The summed E-state index contributed by atoms with van der Waals surface area (Å²) < 4.78 is 6.51. The number of carbonyl (C=O) groups excluding carboxylic acids is 1. The van der Waals surface area contributed by atoms with Crippen LogP contribution in [0.15, 0.2) is 80.7 Å². The lowest BCUT2D eigenvalue weighted by atomic mass is 10.2. The number of hydrogen-bond acceptors (Lipinski definition) is 3. The Hall–Kier alpha value is -2.66. The van der Waals surface area contributed by atoms with E-state index in [0.29, 0.717) is 11.3 Å². The van der Waals surface area contributed by atoms with Crippen LogP contribution in [0.25, 0.3) is 11.3 Å². The van der Waals surface area contributed by atoms with Crippen molar-refractivity contribution in [2.75, 3.05) is 0 Å². The second kappa shape index (κ2) is 7.07. The summed E-state index contributed by atoms with van der Waals surface area (Å²) in [6.07, 6.45) is 1.47. The van der Waals surface area contributed by atoms with E-state index in [-0.39, 0.29) is 5.91 Å². The maximum Gasteiger partial charge on any atom is 0.271 e. The van der Waals surface area contributed by atoms with E-state index in [1.165, 1.54) is 6.21 Å². The van der Waals surface area contributed by atoms with Gasteiger partial charge in [0.25, 0.3) is 5.91 Å². The molecule has 0 saturated heterocycles. The van der Waals surface area contributed by atoms with Gasteiger partial charge in [0.05, 0.1) is 6.21 Å². The van der Waals surface area contributed by atoms with E-state index in [1.54, 1.807) is 24.3 Å². The normalized spacial score (nSPS) is 10.8. The molecule has 4 nitrogen and oxygen atoms in total. The molecule has 0 fully saturated rings. The molecular formula is C18H13BrN2O2. The van der Waals surface area contributed by atoms with Crippen LogP contribution in [0, 0.1) is 0 Å². The number of rotatable bonds is 4. The highest BCUT2D eigenvalue weighted by atomic mass is 79.9. The minimum atomic E-state index is -0.280. The molecular weight excluding hydrogens is 356 g/mol. The Labute approximate surface area is 142 Å². The molecule has 23 heavy (non-hydrogen) atoms. The van der Waals surface area contributed by atoms with Gasteiger partial charge in [-0.2, -0.15) is 5.10 Å². The predicted octanol–water partition coefficient (Wildman–Crippen LogP) is 4.47. The van der Waals surface area contributed by atoms with E-state index in [0.717, 1.165) is 15.8 Å². The molecule has 114 valence electrons. The standard InChI is InChI=1S/C18H13BrN2O2/c19-15-8-4-7-14(11-15)18(22)21-20-12-16-9-10-17(23-16)13-5-2-1-3-6-13/h1-12H,(H,21,22)/b20-12-. The Balaban J connectivity index is 1.65. The van der Waals surface area contributed by atoms with Gasteiger partial charge in [-0.1, -0.05) is 52.3 Å². The van der Waals surface area contributed by atoms with Gasteiger partial charge in [-0.05, 0) is 30.3 Å². The maximum absolute atomic E-state index is 11.9. The van der Waals surface area contributed by atoms with Gasteiger partial charge in [-0.15, -0.1) is 0 Å². The summed E-state index contributed by atoms with van der Waals surface area (Å²) >= 11 is 3.33. The number of furan rings is 1. The highest BCUT2D eigenvalue weighted by Gasteiger charge is 2.05. The number of hydrogen-bond donors (Lipinski definition) is 1. The molecule has 0 atom stereocenters. The summed E-state index contributed by atoms with van der Waals surface area (Å²) in [6.45, 7) is 0. The third-order valence-corrected chi connectivity index (χ3v) is 3.62. The Morgan fingerprint density at radius 2 is 1.87 bits per heavy atom. The zero-order valence-corrected chi connectivity index (χ0v) is 13.7. The van der Waals surface area contributed by atoms with Crippen LogP contribution >= 0.6 is 15.9 Å². The van der Waals surface area contributed by atoms with Gasteiger partial charge in [-0.25, -0.2) is 5.43 Å². The highest BCUT2D eigenvalue weighted by molar-refractivity contribution is 9.10. The van der Waals surface area contributed by atoms with Crippen molar-refractivity contribution >= 4 is 28.1 Å². The first-order chi connectivity index (χ1) is 11.2. The maximum atomic E-state index is 11.9. The van der Waals surface area contributed by atoms with Crippen molar-refractivity contribution in [3.63, 3.8) is 0 Å². The Kier molecular flexibility index (Phi) is 4.68. The molecule has 3 rings (SSSR count). The molecule has 0 unspecified atom stereocenters. The van der Waals surface area contributed by atoms with Gasteiger partial charge >= 0.3 is 0 Å². The molecule has 2 aromatic carbocycles. The zero-order valence-electron chi connectivity index (χ0n) is 12.1. The SMILES string of the molecule is O=C(N/N=C\c1ccc(-c2ccccc2)o1)c1cccc(Br)c1. The lowest BCUT2D eigenvalue weighted by Gasteiger charge is -1.99. The first kappa shape index (κ1) is 15.2. The molecule has 5 heteroatoms. The molecule has 0 aliphatic heterocycles. The van der Waals surface area contributed by atoms with Crippen molar-refractivity contribution in [1.29, 1.82) is 0 Å². The second-order valence-electron chi connectivity index (χ2n) is 4.78. The summed E-state index contributed by atoms with van der Waals surface area (Å²) in [6, 6.07) is 20.5. The highest BCUT2D eigenvalue weighted by Crippen LogP contribution is 2.20. The van der Waals surface area contributed by atoms with Crippen LogP contribution in [0.1, 0.15) is 16.1 Å². The molecule has 0 saturated carbocycles. The van der Waals surface area contributed by atoms with Crippen molar-refractivity contribution < 1.29 is 9.21 Å². The van der Waals surface area contributed by atoms with Gasteiger partial charge in [0.2, 0.25) is 0 Å². The van der Waals surface area contributed by atoms with Crippen molar-refractivity contribution in [1.82, 2.24) is 5.43 Å². The van der Waals surface area contributed by atoms with Crippen LogP contribution in [0.5, 0.6) is 0 Å². The van der Waals surface area contributed by atoms with Crippen molar-refractivity contribution in [3.05, 3.63) is 82.5 Å². The summed E-state index contributed by atoms with van der Waals surface area (Å²) in [5.74, 6) is 1.04. The Morgan fingerprint density at radius 3 is 2.65 bits per heavy atom. The summed E-state index contributed by atoms with van der Waals surface area (Å²) in [4.78, 5) is 11.9. The van der Waals surface area contributed by atoms with Gasteiger partial charge in [0, 0.05) is 15.6 Å². The molecule has 1 heterocycles. The molecule has 0 aliphatic carbocycles.